The number of pyridine rings is 1. The van der Waals surface area contributed by atoms with Crippen molar-refractivity contribution in [3.8, 4) is 6.07 Å². The van der Waals surface area contributed by atoms with E-state index in [1.807, 2.05) is 6.07 Å². The van der Waals surface area contributed by atoms with E-state index in [2.05, 4.69) is 11.1 Å². The highest BCUT2D eigenvalue weighted by Crippen LogP contribution is 2.28. The molecule has 0 radical (unpaired) electrons. The molecule has 1 aliphatic heterocycles. The Morgan fingerprint density at radius 2 is 2.50 bits per heavy atom. The number of amides is 1. The summed E-state index contributed by atoms with van der Waals surface area (Å²) in [7, 11) is 0. The summed E-state index contributed by atoms with van der Waals surface area (Å²) in [6, 6.07) is 5.19. The zero-order chi connectivity index (χ0) is 11.5. The fourth-order valence-electron chi connectivity index (χ4n) is 1.73. The van der Waals surface area contributed by atoms with Crippen molar-refractivity contribution in [1.29, 1.82) is 5.26 Å². The van der Waals surface area contributed by atoms with Gasteiger partial charge in [-0.1, -0.05) is 13.0 Å². The third kappa shape index (κ3) is 1.57. The molecule has 0 aromatic carbocycles. The molecule has 80 valence electrons. The molecule has 0 fully saturated rings. The normalized spacial score (nSPS) is 17.8. The molecule has 1 aromatic rings. The Balaban J connectivity index is 2.45. The van der Waals surface area contributed by atoms with Gasteiger partial charge in [0.05, 0.1) is 11.8 Å². The molecule has 1 aromatic heterocycles. The van der Waals surface area contributed by atoms with Crippen molar-refractivity contribution in [2.45, 2.75) is 19.4 Å². The van der Waals surface area contributed by atoms with Crippen molar-refractivity contribution in [2.24, 2.45) is 0 Å². The van der Waals surface area contributed by atoms with Crippen molar-refractivity contribution in [1.82, 2.24) is 9.88 Å². The number of aromatic nitrogens is 1. The Labute approximate surface area is 93.8 Å². The van der Waals surface area contributed by atoms with Crippen molar-refractivity contribution < 1.29 is 4.79 Å². The zero-order valence-corrected chi connectivity index (χ0v) is 8.92. The second-order valence-corrected chi connectivity index (χ2v) is 3.48. The first-order chi connectivity index (χ1) is 7.77. The summed E-state index contributed by atoms with van der Waals surface area (Å²) in [6.07, 6.45) is 5.46. The lowest BCUT2D eigenvalue weighted by Gasteiger charge is -2.27. The van der Waals surface area contributed by atoms with E-state index in [4.69, 9.17) is 5.26 Å². The topological polar surface area (TPSA) is 57.0 Å². The number of hydrogen-bond acceptors (Lipinski definition) is 3. The van der Waals surface area contributed by atoms with E-state index < -0.39 is 6.04 Å². The molecule has 0 spiro atoms. The summed E-state index contributed by atoms with van der Waals surface area (Å²) in [5.74, 6) is -0.0581. The molecule has 1 unspecified atom stereocenters. The van der Waals surface area contributed by atoms with Crippen LogP contribution in [0.4, 0.5) is 0 Å². The maximum absolute atomic E-state index is 11.6. The van der Waals surface area contributed by atoms with Crippen molar-refractivity contribution >= 4 is 12.0 Å². The first-order valence-corrected chi connectivity index (χ1v) is 5.11. The predicted molar refractivity (Wildman–Crippen MR) is 58.8 cm³/mol. The van der Waals surface area contributed by atoms with Gasteiger partial charge in [-0.15, -0.1) is 0 Å². The summed E-state index contributed by atoms with van der Waals surface area (Å²) in [6.45, 7) is 1.78. The quantitative estimate of drug-likeness (QED) is 0.715. The maximum atomic E-state index is 11.6. The Morgan fingerprint density at radius 3 is 3.19 bits per heavy atom. The molecule has 1 aliphatic rings. The van der Waals surface area contributed by atoms with Gasteiger partial charge in [-0.2, -0.15) is 5.26 Å². The van der Waals surface area contributed by atoms with Crippen LogP contribution in [0.15, 0.2) is 24.5 Å². The summed E-state index contributed by atoms with van der Waals surface area (Å²) in [5, 5.41) is 9.15. The number of fused-ring (bicyclic) bond motifs is 1. The van der Waals surface area contributed by atoms with Gasteiger partial charge in [0.1, 0.15) is 0 Å². The number of nitrogens with zero attached hydrogens (tertiary/aromatic N) is 3. The highest BCUT2D eigenvalue weighted by atomic mass is 16.2. The molecule has 0 saturated carbocycles. The molecule has 1 atom stereocenters. The lowest BCUT2D eigenvalue weighted by molar-refractivity contribution is -0.129. The molecule has 0 aliphatic carbocycles. The monoisotopic (exact) mass is 213 g/mol. The third-order valence-corrected chi connectivity index (χ3v) is 2.55. The van der Waals surface area contributed by atoms with E-state index in [0.29, 0.717) is 6.42 Å². The number of rotatable bonds is 1. The number of carbonyl (C=O) groups excluding carboxylic acids is 1. The lowest BCUT2D eigenvalue weighted by atomic mass is 10.0. The SMILES string of the molecule is CCC(=O)N1C=Cc2ncccc2C1C#N. The second-order valence-electron chi connectivity index (χ2n) is 3.48. The molecule has 0 N–H and O–H groups in total. The molecule has 4 nitrogen and oxygen atoms in total. The van der Waals surface area contributed by atoms with Gasteiger partial charge in [0.2, 0.25) is 5.91 Å². The van der Waals surface area contributed by atoms with Crippen LogP contribution in [-0.4, -0.2) is 15.8 Å². The summed E-state index contributed by atoms with van der Waals surface area (Å²) < 4.78 is 0. The van der Waals surface area contributed by atoms with Crippen LogP contribution in [-0.2, 0) is 4.79 Å². The van der Waals surface area contributed by atoms with Gasteiger partial charge in [0.25, 0.3) is 0 Å². The second kappa shape index (κ2) is 4.15. The molecule has 16 heavy (non-hydrogen) atoms. The minimum absolute atomic E-state index is 0.0581. The van der Waals surface area contributed by atoms with E-state index in [9.17, 15) is 4.79 Å². The predicted octanol–water partition coefficient (Wildman–Crippen LogP) is 1.87. The van der Waals surface area contributed by atoms with Crippen LogP contribution >= 0.6 is 0 Å². The van der Waals surface area contributed by atoms with Crippen LogP contribution < -0.4 is 0 Å². The highest BCUT2D eigenvalue weighted by molar-refractivity contribution is 5.80. The third-order valence-electron chi connectivity index (χ3n) is 2.55. The summed E-state index contributed by atoms with van der Waals surface area (Å²) in [5.41, 5.74) is 1.54. The first-order valence-electron chi connectivity index (χ1n) is 5.11. The van der Waals surface area contributed by atoms with Crippen molar-refractivity contribution in [3.05, 3.63) is 35.8 Å². The first kappa shape index (κ1) is 10.4. The van der Waals surface area contributed by atoms with Crippen LogP contribution in [0.25, 0.3) is 6.08 Å². The molecule has 2 heterocycles. The molecule has 1 amide bonds. The number of carbonyl (C=O) groups is 1. The Morgan fingerprint density at radius 1 is 1.69 bits per heavy atom. The van der Waals surface area contributed by atoms with Crippen molar-refractivity contribution in [2.75, 3.05) is 0 Å². The van der Waals surface area contributed by atoms with E-state index in [0.717, 1.165) is 11.3 Å². The van der Waals surface area contributed by atoms with Gasteiger partial charge < -0.3 is 0 Å². The smallest absolute Gasteiger partial charge is 0.227 e. The average molecular weight is 213 g/mol. The maximum Gasteiger partial charge on any atom is 0.227 e. The van der Waals surface area contributed by atoms with Crippen LogP contribution in [0, 0.1) is 11.3 Å². The fourth-order valence-corrected chi connectivity index (χ4v) is 1.73. The Hall–Kier alpha value is -2.15. The van der Waals surface area contributed by atoms with Crippen molar-refractivity contribution in [3.63, 3.8) is 0 Å². The van der Waals surface area contributed by atoms with E-state index in [-0.39, 0.29) is 5.91 Å². The summed E-state index contributed by atoms with van der Waals surface area (Å²) in [4.78, 5) is 17.3. The van der Waals surface area contributed by atoms with Crippen LogP contribution in [0.3, 0.4) is 0 Å². The van der Waals surface area contributed by atoms with Gasteiger partial charge in [-0.25, -0.2) is 0 Å². The Kier molecular flexibility index (Phi) is 2.69. The molecule has 4 heteroatoms. The minimum atomic E-state index is -0.554. The fraction of sp³-hybridized carbons (Fsp3) is 0.250. The molecular weight excluding hydrogens is 202 g/mol. The number of nitriles is 1. The van der Waals surface area contributed by atoms with E-state index in [1.165, 1.54) is 4.90 Å². The highest BCUT2D eigenvalue weighted by Gasteiger charge is 2.27. The van der Waals surface area contributed by atoms with Crippen LogP contribution in [0.5, 0.6) is 0 Å². The average Bonchev–Trinajstić information content (AvgIpc) is 2.36. The summed E-state index contributed by atoms with van der Waals surface area (Å²) >= 11 is 0. The zero-order valence-electron chi connectivity index (χ0n) is 8.92. The Bertz CT molecular complexity index is 487. The van der Waals surface area contributed by atoms with Gasteiger partial charge in [-0.05, 0) is 12.1 Å². The van der Waals surface area contributed by atoms with E-state index >= 15 is 0 Å². The molecular formula is C12H11N3O. The number of hydrogen-bond donors (Lipinski definition) is 0. The van der Waals surface area contributed by atoms with Gasteiger partial charge in [-0.3, -0.25) is 14.7 Å². The van der Waals surface area contributed by atoms with Crippen LogP contribution in [0.1, 0.15) is 30.6 Å². The molecule has 0 saturated heterocycles. The van der Waals surface area contributed by atoms with Gasteiger partial charge in [0, 0.05) is 24.4 Å². The standard InChI is InChI=1S/C12H11N3O/c1-2-12(16)15-7-5-10-9(11(15)8-13)4-3-6-14-10/h3-7,11H,2H2,1H3. The van der Waals surface area contributed by atoms with Gasteiger partial charge >= 0.3 is 0 Å². The molecule has 0 bridgehead atoms. The molecule has 2 rings (SSSR count). The minimum Gasteiger partial charge on any atom is -0.298 e. The van der Waals surface area contributed by atoms with Gasteiger partial charge in [0.15, 0.2) is 6.04 Å². The van der Waals surface area contributed by atoms with E-state index in [1.54, 1.807) is 31.5 Å². The van der Waals surface area contributed by atoms with Crippen LogP contribution in [0.2, 0.25) is 0 Å². The largest absolute Gasteiger partial charge is 0.298 e. The lowest BCUT2D eigenvalue weighted by Crippen LogP contribution is -2.31.